The Kier molecular flexibility index (Phi) is 5.67. The van der Waals surface area contributed by atoms with E-state index in [0.29, 0.717) is 11.5 Å². The number of carbonyl (C=O) groups is 2. The highest BCUT2D eigenvalue weighted by atomic mass is 32.2. The molecule has 0 radical (unpaired) electrons. The Balaban J connectivity index is 1.51. The molecule has 0 spiro atoms. The molecule has 1 aromatic heterocycles. The monoisotopic (exact) mass is 459 g/mol. The maximum atomic E-state index is 14.2. The van der Waals surface area contributed by atoms with Crippen molar-refractivity contribution in [2.75, 3.05) is 25.0 Å². The van der Waals surface area contributed by atoms with Crippen LogP contribution < -0.4 is 10.6 Å². The van der Waals surface area contributed by atoms with E-state index in [1.807, 2.05) is 0 Å². The number of benzene rings is 2. The molecule has 0 atom stereocenters. The number of carbonyl (C=O) groups excluding carboxylic acids is 2. The van der Waals surface area contributed by atoms with Crippen molar-refractivity contribution >= 4 is 27.5 Å². The normalized spacial score (nSPS) is 14.8. The first kappa shape index (κ1) is 21.5. The number of amides is 2. The van der Waals surface area contributed by atoms with E-state index in [2.05, 4.69) is 26.2 Å². The molecule has 1 saturated heterocycles. The van der Waals surface area contributed by atoms with E-state index in [1.165, 1.54) is 47.1 Å². The molecule has 166 valence electrons. The van der Waals surface area contributed by atoms with Gasteiger partial charge in [0.1, 0.15) is 11.5 Å². The Labute approximate surface area is 182 Å². The summed E-state index contributed by atoms with van der Waals surface area (Å²) in [4.78, 5) is 24.1. The third kappa shape index (κ3) is 4.20. The number of sulfonamides is 1. The summed E-state index contributed by atoms with van der Waals surface area (Å²) < 4.78 is 41.9. The molecular formula is C19H18FN7O4S. The van der Waals surface area contributed by atoms with Gasteiger partial charge in [-0.1, -0.05) is 0 Å². The van der Waals surface area contributed by atoms with Crippen LogP contribution in [-0.4, -0.2) is 64.4 Å². The molecule has 1 aliphatic heterocycles. The molecule has 0 unspecified atom stereocenters. The van der Waals surface area contributed by atoms with Crippen molar-refractivity contribution in [2.45, 2.75) is 11.8 Å². The Hall–Kier alpha value is -3.71. The summed E-state index contributed by atoms with van der Waals surface area (Å²) >= 11 is 0. The molecule has 1 aliphatic rings. The van der Waals surface area contributed by atoms with Gasteiger partial charge in [0, 0.05) is 24.3 Å². The van der Waals surface area contributed by atoms with E-state index in [1.54, 1.807) is 6.92 Å². The molecule has 2 N–H and O–H groups in total. The van der Waals surface area contributed by atoms with Gasteiger partial charge in [-0.05, 0) is 59.8 Å². The van der Waals surface area contributed by atoms with Crippen LogP contribution in [0.5, 0.6) is 0 Å². The van der Waals surface area contributed by atoms with Gasteiger partial charge in [-0.15, -0.1) is 5.10 Å². The third-order valence-corrected chi connectivity index (χ3v) is 6.67. The average molecular weight is 459 g/mol. The maximum absolute atomic E-state index is 14.2. The lowest BCUT2D eigenvalue weighted by atomic mass is 10.2. The number of hydrogen-bond acceptors (Lipinski definition) is 7. The van der Waals surface area contributed by atoms with Gasteiger partial charge in [0.2, 0.25) is 15.9 Å². The van der Waals surface area contributed by atoms with Gasteiger partial charge in [-0.2, -0.15) is 8.99 Å². The van der Waals surface area contributed by atoms with Crippen LogP contribution in [0.3, 0.4) is 0 Å². The molecule has 13 heteroatoms. The zero-order valence-corrected chi connectivity index (χ0v) is 17.6. The molecule has 4 rings (SSSR count). The molecule has 32 heavy (non-hydrogen) atoms. The standard InChI is InChI=1S/C19H18FN7O4S/c1-12-23-24-25-27(12)17-10-14(4-7-16(17)20)22-19(29)13-2-5-15(6-3-13)32(30,31)26-9-8-21-18(28)11-26/h2-7,10H,8-9,11H2,1H3,(H,21,28)(H,22,29). The van der Waals surface area contributed by atoms with Crippen LogP contribution in [0.1, 0.15) is 16.2 Å². The van der Waals surface area contributed by atoms with Crippen LogP contribution in [-0.2, 0) is 14.8 Å². The molecular weight excluding hydrogens is 441 g/mol. The summed E-state index contributed by atoms with van der Waals surface area (Å²) in [6.45, 7) is 1.77. The first-order chi connectivity index (χ1) is 15.3. The average Bonchev–Trinajstić information content (AvgIpc) is 3.20. The number of aromatic nitrogens is 4. The zero-order valence-electron chi connectivity index (χ0n) is 16.8. The molecule has 1 fully saturated rings. The lowest BCUT2D eigenvalue weighted by Gasteiger charge is -2.25. The van der Waals surface area contributed by atoms with Crippen molar-refractivity contribution < 1.29 is 22.4 Å². The number of nitrogens with zero attached hydrogens (tertiary/aromatic N) is 5. The van der Waals surface area contributed by atoms with E-state index < -0.39 is 21.7 Å². The lowest BCUT2D eigenvalue weighted by Crippen LogP contribution is -2.49. The van der Waals surface area contributed by atoms with Gasteiger partial charge < -0.3 is 10.6 Å². The fraction of sp³-hybridized carbons (Fsp3) is 0.211. The number of tetrazole rings is 1. The largest absolute Gasteiger partial charge is 0.354 e. The van der Waals surface area contributed by atoms with Crippen molar-refractivity contribution in [1.82, 2.24) is 29.8 Å². The Morgan fingerprint density at radius 1 is 1.19 bits per heavy atom. The van der Waals surface area contributed by atoms with Gasteiger partial charge in [0.25, 0.3) is 5.91 Å². The number of piperazine rings is 1. The zero-order chi connectivity index (χ0) is 22.9. The summed E-state index contributed by atoms with van der Waals surface area (Å²) in [5.74, 6) is -1.08. The van der Waals surface area contributed by atoms with E-state index in [9.17, 15) is 22.4 Å². The fourth-order valence-electron chi connectivity index (χ4n) is 3.16. The highest BCUT2D eigenvalue weighted by Gasteiger charge is 2.29. The highest BCUT2D eigenvalue weighted by Crippen LogP contribution is 2.21. The third-order valence-electron chi connectivity index (χ3n) is 4.82. The molecule has 0 saturated carbocycles. The van der Waals surface area contributed by atoms with Crippen LogP contribution in [0, 0.1) is 12.7 Å². The second-order valence-electron chi connectivity index (χ2n) is 6.97. The van der Waals surface area contributed by atoms with Crippen LogP contribution in [0.15, 0.2) is 47.4 Å². The van der Waals surface area contributed by atoms with E-state index in [-0.39, 0.29) is 41.7 Å². The molecule has 2 heterocycles. The lowest BCUT2D eigenvalue weighted by molar-refractivity contribution is -0.122. The first-order valence-electron chi connectivity index (χ1n) is 9.49. The maximum Gasteiger partial charge on any atom is 0.255 e. The molecule has 2 amide bonds. The number of aryl methyl sites for hydroxylation is 1. The second-order valence-corrected chi connectivity index (χ2v) is 8.91. The number of rotatable bonds is 5. The van der Waals surface area contributed by atoms with Crippen molar-refractivity contribution in [2.24, 2.45) is 0 Å². The van der Waals surface area contributed by atoms with Crippen molar-refractivity contribution in [3.63, 3.8) is 0 Å². The Morgan fingerprint density at radius 3 is 2.59 bits per heavy atom. The number of hydrogen-bond donors (Lipinski definition) is 2. The molecule has 2 aromatic carbocycles. The first-order valence-corrected chi connectivity index (χ1v) is 10.9. The topological polar surface area (TPSA) is 139 Å². The van der Waals surface area contributed by atoms with Gasteiger partial charge in [-0.3, -0.25) is 9.59 Å². The highest BCUT2D eigenvalue weighted by molar-refractivity contribution is 7.89. The molecule has 3 aromatic rings. The Bertz CT molecular complexity index is 1290. The van der Waals surface area contributed by atoms with E-state index in [4.69, 9.17) is 0 Å². The Morgan fingerprint density at radius 2 is 1.94 bits per heavy atom. The van der Waals surface area contributed by atoms with Gasteiger partial charge in [-0.25, -0.2) is 12.8 Å². The minimum atomic E-state index is -3.86. The van der Waals surface area contributed by atoms with Crippen LogP contribution >= 0.6 is 0 Å². The van der Waals surface area contributed by atoms with Crippen molar-refractivity contribution in [3.05, 3.63) is 59.7 Å². The van der Waals surface area contributed by atoms with Gasteiger partial charge in [0.15, 0.2) is 5.82 Å². The summed E-state index contributed by atoms with van der Waals surface area (Å²) in [7, 11) is -3.86. The van der Waals surface area contributed by atoms with Crippen molar-refractivity contribution in [3.8, 4) is 5.69 Å². The smallest absolute Gasteiger partial charge is 0.255 e. The summed E-state index contributed by atoms with van der Waals surface area (Å²) in [6.07, 6.45) is 0. The van der Waals surface area contributed by atoms with Crippen LogP contribution in [0.2, 0.25) is 0 Å². The minimum absolute atomic E-state index is 0.0259. The fourth-order valence-corrected chi connectivity index (χ4v) is 4.55. The van der Waals surface area contributed by atoms with E-state index in [0.717, 1.165) is 4.31 Å². The molecule has 11 nitrogen and oxygen atoms in total. The van der Waals surface area contributed by atoms with E-state index >= 15 is 0 Å². The summed E-state index contributed by atoms with van der Waals surface area (Å²) in [5, 5.41) is 16.1. The molecule has 0 bridgehead atoms. The number of anilines is 1. The second kappa shape index (κ2) is 8.43. The number of halogens is 1. The quantitative estimate of drug-likeness (QED) is 0.566. The van der Waals surface area contributed by atoms with Crippen LogP contribution in [0.25, 0.3) is 5.69 Å². The summed E-state index contributed by atoms with van der Waals surface area (Å²) in [5.41, 5.74) is 0.569. The van der Waals surface area contributed by atoms with Gasteiger partial charge in [0.05, 0.1) is 11.4 Å². The van der Waals surface area contributed by atoms with Crippen molar-refractivity contribution in [1.29, 1.82) is 0 Å². The predicted molar refractivity (Wildman–Crippen MR) is 110 cm³/mol. The SMILES string of the molecule is Cc1nnnn1-c1cc(NC(=O)c2ccc(S(=O)(=O)N3CCNC(=O)C3)cc2)ccc1F. The molecule has 0 aliphatic carbocycles. The number of nitrogens with one attached hydrogen (secondary N) is 2. The summed E-state index contributed by atoms with van der Waals surface area (Å²) in [6, 6.07) is 9.28. The van der Waals surface area contributed by atoms with Gasteiger partial charge >= 0.3 is 0 Å². The predicted octanol–water partition coefficient (Wildman–Crippen LogP) is 0.483. The van der Waals surface area contributed by atoms with Crippen LogP contribution in [0.4, 0.5) is 10.1 Å². The minimum Gasteiger partial charge on any atom is -0.354 e.